The topological polar surface area (TPSA) is 32.3 Å². The second-order valence-corrected chi connectivity index (χ2v) is 5.11. The van der Waals surface area contributed by atoms with Gasteiger partial charge in [-0.2, -0.15) is 0 Å². The smallest absolute Gasteiger partial charge is 0.217 e. The highest BCUT2D eigenvalue weighted by Crippen LogP contribution is 2.08. The van der Waals surface area contributed by atoms with Crippen molar-refractivity contribution in [3.63, 3.8) is 0 Å². The molecule has 3 heteroatoms. The molecular weight excluding hydrogens is 224 g/mol. The molecule has 1 atom stereocenters. The van der Waals surface area contributed by atoms with Crippen molar-refractivity contribution in [3.05, 3.63) is 35.9 Å². The number of amides is 1. The van der Waals surface area contributed by atoms with Crippen LogP contribution in [0.1, 0.15) is 33.3 Å². The maximum Gasteiger partial charge on any atom is 0.217 e. The van der Waals surface area contributed by atoms with Crippen LogP contribution in [0.5, 0.6) is 0 Å². The first-order valence-electron chi connectivity index (χ1n) is 6.54. The summed E-state index contributed by atoms with van der Waals surface area (Å²) in [6, 6.07) is 11.1. The van der Waals surface area contributed by atoms with Gasteiger partial charge in [-0.3, -0.25) is 9.69 Å². The van der Waals surface area contributed by atoms with Gasteiger partial charge in [-0.05, 0) is 26.3 Å². The van der Waals surface area contributed by atoms with Crippen molar-refractivity contribution in [1.82, 2.24) is 10.2 Å². The normalized spacial score (nSPS) is 12.8. The minimum atomic E-state index is 0.0333. The van der Waals surface area contributed by atoms with Gasteiger partial charge in [-0.1, -0.05) is 30.3 Å². The van der Waals surface area contributed by atoms with E-state index in [9.17, 15) is 4.79 Å². The van der Waals surface area contributed by atoms with E-state index in [0.29, 0.717) is 6.04 Å². The largest absolute Gasteiger partial charge is 0.353 e. The Bertz CT molecular complexity index is 362. The van der Waals surface area contributed by atoms with E-state index in [1.165, 1.54) is 5.56 Å². The fourth-order valence-electron chi connectivity index (χ4n) is 2.02. The molecule has 0 aromatic heterocycles. The number of nitrogens with zero attached hydrogens (tertiary/aromatic N) is 1. The number of hydrogen-bond acceptors (Lipinski definition) is 2. The van der Waals surface area contributed by atoms with Crippen LogP contribution in [0, 0.1) is 0 Å². The molecule has 1 rings (SSSR count). The van der Waals surface area contributed by atoms with Crippen molar-refractivity contribution >= 4 is 5.91 Å². The lowest BCUT2D eigenvalue weighted by molar-refractivity contribution is -0.119. The molecule has 0 saturated heterocycles. The second kappa shape index (κ2) is 7.17. The molecule has 0 aliphatic heterocycles. The zero-order valence-corrected chi connectivity index (χ0v) is 11.8. The van der Waals surface area contributed by atoms with Crippen LogP contribution in [0.4, 0.5) is 0 Å². The average Bonchev–Trinajstić information content (AvgIpc) is 2.28. The van der Waals surface area contributed by atoms with Gasteiger partial charge in [-0.25, -0.2) is 0 Å². The summed E-state index contributed by atoms with van der Waals surface area (Å²) >= 11 is 0. The van der Waals surface area contributed by atoms with E-state index in [2.05, 4.69) is 48.3 Å². The maximum atomic E-state index is 11.0. The molecule has 1 unspecified atom stereocenters. The standard InChI is InChI=1S/C15H24N2O/c1-12(2)17(10-13(3)16-14(4)18)11-15-8-6-5-7-9-15/h5-9,12-13H,10-11H2,1-4H3,(H,16,18). The van der Waals surface area contributed by atoms with Gasteiger partial charge >= 0.3 is 0 Å². The van der Waals surface area contributed by atoms with Gasteiger partial charge in [0.15, 0.2) is 0 Å². The summed E-state index contributed by atoms with van der Waals surface area (Å²) in [5.74, 6) is 0.0333. The van der Waals surface area contributed by atoms with Gasteiger partial charge in [0.25, 0.3) is 0 Å². The SMILES string of the molecule is CC(=O)NC(C)CN(Cc1ccccc1)C(C)C. The molecule has 1 aromatic carbocycles. The molecule has 0 radical (unpaired) electrons. The van der Waals surface area contributed by atoms with E-state index in [1.54, 1.807) is 6.92 Å². The Morgan fingerprint density at radius 3 is 2.33 bits per heavy atom. The van der Waals surface area contributed by atoms with E-state index < -0.39 is 0 Å². The lowest BCUT2D eigenvalue weighted by Crippen LogP contribution is -2.43. The zero-order chi connectivity index (χ0) is 13.5. The molecule has 1 N–H and O–H groups in total. The molecule has 0 saturated carbocycles. The summed E-state index contributed by atoms with van der Waals surface area (Å²) in [7, 11) is 0. The van der Waals surface area contributed by atoms with Crippen molar-refractivity contribution in [2.75, 3.05) is 6.54 Å². The zero-order valence-electron chi connectivity index (χ0n) is 11.8. The van der Waals surface area contributed by atoms with Crippen LogP contribution in [0.3, 0.4) is 0 Å². The lowest BCUT2D eigenvalue weighted by atomic mass is 10.1. The summed E-state index contributed by atoms with van der Waals surface area (Å²) in [5.41, 5.74) is 1.31. The fraction of sp³-hybridized carbons (Fsp3) is 0.533. The van der Waals surface area contributed by atoms with Gasteiger partial charge in [0.2, 0.25) is 5.91 Å². The monoisotopic (exact) mass is 248 g/mol. The van der Waals surface area contributed by atoms with Crippen molar-refractivity contribution in [3.8, 4) is 0 Å². The molecule has 1 aromatic rings. The van der Waals surface area contributed by atoms with E-state index in [0.717, 1.165) is 13.1 Å². The van der Waals surface area contributed by atoms with Gasteiger partial charge in [0, 0.05) is 32.1 Å². The molecule has 18 heavy (non-hydrogen) atoms. The van der Waals surface area contributed by atoms with E-state index in [-0.39, 0.29) is 11.9 Å². The Hall–Kier alpha value is -1.35. The molecule has 0 aliphatic carbocycles. The van der Waals surface area contributed by atoms with Crippen LogP contribution in [-0.4, -0.2) is 29.4 Å². The average molecular weight is 248 g/mol. The molecule has 1 amide bonds. The van der Waals surface area contributed by atoms with Crippen molar-refractivity contribution in [2.45, 2.75) is 46.3 Å². The van der Waals surface area contributed by atoms with Crippen LogP contribution in [0.2, 0.25) is 0 Å². The summed E-state index contributed by atoms with van der Waals surface area (Å²) in [6.07, 6.45) is 0. The van der Waals surface area contributed by atoms with Crippen LogP contribution in [-0.2, 0) is 11.3 Å². The Morgan fingerprint density at radius 1 is 1.22 bits per heavy atom. The molecule has 3 nitrogen and oxygen atoms in total. The van der Waals surface area contributed by atoms with Crippen LogP contribution in [0.25, 0.3) is 0 Å². The third-order valence-corrected chi connectivity index (χ3v) is 2.92. The highest BCUT2D eigenvalue weighted by molar-refractivity contribution is 5.73. The number of rotatable bonds is 6. The Balaban J connectivity index is 2.58. The summed E-state index contributed by atoms with van der Waals surface area (Å²) in [4.78, 5) is 13.4. The van der Waals surface area contributed by atoms with E-state index in [4.69, 9.17) is 0 Å². The predicted octanol–water partition coefficient (Wildman–Crippen LogP) is 2.42. The minimum absolute atomic E-state index is 0.0333. The van der Waals surface area contributed by atoms with Crippen molar-refractivity contribution in [2.24, 2.45) is 0 Å². The molecule has 100 valence electrons. The number of benzene rings is 1. The van der Waals surface area contributed by atoms with Gasteiger partial charge in [0.05, 0.1) is 0 Å². The highest BCUT2D eigenvalue weighted by atomic mass is 16.1. The minimum Gasteiger partial charge on any atom is -0.353 e. The Labute approximate surface area is 110 Å². The Kier molecular flexibility index (Phi) is 5.86. The third-order valence-electron chi connectivity index (χ3n) is 2.92. The quantitative estimate of drug-likeness (QED) is 0.838. The first-order valence-corrected chi connectivity index (χ1v) is 6.54. The molecule has 0 heterocycles. The molecular formula is C15H24N2O. The first kappa shape index (κ1) is 14.7. The molecule has 0 fully saturated rings. The van der Waals surface area contributed by atoms with Crippen LogP contribution < -0.4 is 5.32 Å². The van der Waals surface area contributed by atoms with E-state index in [1.807, 2.05) is 13.0 Å². The van der Waals surface area contributed by atoms with Gasteiger partial charge in [-0.15, -0.1) is 0 Å². The highest BCUT2D eigenvalue weighted by Gasteiger charge is 2.14. The van der Waals surface area contributed by atoms with Crippen molar-refractivity contribution < 1.29 is 4.79 Å². The third kappa shape index (κ3) is 5.32. The number of hydrogen-bond donors (Lipinski definition) is 1. The summed E-state index contributed by atoms with van der Waals surface area (Å²) in [5, 5.41) is 2.93. The second-order valence-electron chi connectivity index (χ2n) is 5.11. The summed E-state index contributed by atoms with van der Waals surface area (Å²) in [6.45, 7) is 9.76. The summed E-state index contributed by atoms with van der Waals surface area (Å²) < 4.78 is 0. The predicted molar refractivity (Wildman–Crippen MR) is 75.3 cm³/mol. The van der Waals surface area contributed by atoms with E-state index >= 15 is 0 Å². The van der Waals surface area contributed by atoms with Crippen LogP contribution >= 0.6 is 0 Å². The van der Waals surface area contributed by atoms with Crippen LogP contribution in [0.15, 0.2) is 30.3 Å². The first-order chi connectivity index (χ1) is 8.49. The molecule has 0 spiro atoms. The van der Waals surface area contributed by atoms with Gasteiger partial charge in [0.1, 0.15) is 0 Å². The van der Waals surface area contributed by atoms with Gasteiger partial charge < -0.3 is 5.32 Å². The lowest BCUT2D eigenvalue weighted by Gasteiger charge is -2.29. The number of carbonyl (C=O) groups excluding carboxylic acids is 1. The van der Waals surface area contributed by atoms with Crippen molar-refractivity contribution in [1.29, 1.82) is 0 Å². The Morgan fingerprint density at radius 2 is 1.83 bits per heavy atom. The fourth-order valence-corrected chi connectivity index (χ4v) is 2.02. The molecule has 0 aliphatic rings. The molecule has 0 bridgehead atoms. The maximum absolute atomic E-state index is 11.0. The number of nitrogens with one attached hydrogen (secondary N) is 1. The number of carbonyl (C=O) groups is 1.